The first-order chi connectivity index (χ1) is 13.6. The Labute approximate surface area is 162 Å². The van der Waals surface area contributed by atoms with Crippen molar-refractivity contribution < 1.29 is 34.0 Å². The summed E-state index contributed by atoms with van der Waals surface area (Å²) in [7, 11) is 1.31. The standard InChI is InChI=1S/C21H22O7/c1-25-20(24)13-9-7-12(8-10-13)18-16(22)17(23)19-15(27-18)11-26-21(28-19)14-5-3-2-4-6-14/h2-10,15-19,21-23H,11H2,1H3/t15-,16-,17-,18+,19-,21?/m1/s1. The SMILES string of the molecule is COC(=O)c1ccc([C@@H]2O[C@@H]3COC(c4ccccc4)O[C@H]3[C@H](O)[C@H]2O)cc1. The Hall–Kier alpha value is -2.29. The fourth-order valence-electron chi connectivity index (χ4n) is 3.59. The maximum atomic E-state index is 11.6. The second kappa shape index (κ2) is 7.98. The summed E-state index contributed by atoms with van der Waals surface area (Å²) in [5.41, 5.74) is 1.87. The minimum absolute atomic E-state index is 0.227. The van der Waals surface area contributed by atoms with E-state index in [1.54, 1.807) is 24.3 Å². The van der Waals surface area contributed by atoms with Gasteiger partial charge in [-0.25, -0.2) is 4.79 Å². The van der Waals surface area contributed by atoms with Crippen molar-refractivity contribution >= 4 is 5.97 Å². The average molecular weight is 386 g/mol. The molecule has 7 heteroatoms. The Morgan fingerprint density at radius 3 is 2.36 bits per heavy atom. The van der Waals surface area contributed by atoms with Gasteiger partial charge < -0.3 is 29.2 Å². The number of hydrogen-bond donors (Lipinski definition) is 2. The van der Waals surface area contributed by atoms with Gasteiger partial charge in [-0.2, -0.15) is 0 Å². The molecule has 2 aromatic carbocycles. The topological polar surface area (TPSA) is 94.5 Å². The number of esters is 1. The summed E-state index contributed by atoms with van der Waals surface area (Å²) >= 11 is 0. The molecule has 0 radical (unpaired) electrons. The fourth-order valence-corrected chi connectivity index (χ4v) is 3.59. The van der Waals surface area contributed by atoms with Crippen molar-refractivity contribution in [3.05, 3.63) is 71.3 Å². The molecule has 148 valence electrons. The summed E-state index contributed by atoms with van der Waals surface area (Å²) < 4.78 is 22.3. The Morgan fingerprint density at radius 1 is 0.964 bits per heavy atom. The number of benzene rings is 2. The molecule has 6 atom stereocenters. The van der Waals surface area contributed by atoms with Crippen LogP contribution in [0.5, 0.6) is 0 Å². The lowest BCUT2D eigenvalue weighted by Gasteiger charge is -2.46. The summed E-state index contributed by atoms with van der Waals surface area (Å²) in [5, 5.41) is 21.3. The molecule has 2 N–H and O–H groups in total. The second-order valence-corrected chi connectivity index (χ2v) is 6.87. The minimum Gasteiger partial charge on any atom is -0.465 e. The van der Waals surface area contributed by atoms with Crippen molar-refractivity contribution in [2.24, 2.45) is 0 Å². The summed E-state index contributed by atoms with van der Waals surface area (Å²) in [6, 6.07) is 15.9. The molecule has 2 aliphatic heterocycles. The highest BCUT2D eigenvalue weighted by Crippen LogP contribution is 2.39. The van der Waals surface area contributed by atoms with Gasteiger partial charge in [0.25, 0.3) is 0 Å². The van der Waals surface area contributed by atoms with Crippen LogP contribution in [0.15, 0.2) is 54.6 Å². The summed E-state index contributed by atoms with van der Waals surface area (Å²) in [4.78, 5) is 11.6. The lowest BCUT2D eigenvalue weighted by Crippen LogP contribution is -2.59. The van der Waals surface area contributed by atoms with Crippen LogP contribution in [0.3, 0.4) is 0 Å². The van der Waals surface area contributed by atoms with Crippen molar-refractivity contribution in [1.82, 2.24) is 0 Å². The van der Waals surface area contributed by atoms with Crippen molar-refractivity contribution in [2.75, 3.05) is 13.7 Å². The highest BCUT2D eigenvalue weighted by Gasteiger charge is 2.49. The predicted molar refractivity (Wildman–Crippen MR) is 97.4 cm³/mol. The van der Waals surface area contributed by atoms with Crippen LogP contribution in [-0.2, 0) is 18.9 Å². The van der Waals surface area contributed by atoms with Gasteiger partial charge in [-0.1, -0.05) is 42.5 Å². The Balaban J connectivity index is 1.49. The first-order valence-corrected chi connectivity index (χ1v) is 9.10. The van der Waals surface area contributed by atoms with Gasteiger partial charge in [0, 0.05) is 5.56 Å². The predicted octanol–water partition coefficient (Wildman–Crippen LogP) is 1.75. The molecule has 0 spiro atoms. The van der Waals surface area contributed by atoms with Crippen molar-refractivity contribution in [2.45, 2.75) is 36.8 Å². The normalized spacial score (nSPS) is 32.4. The summed E-state index contributed by atoms with van der Waals surface area (Å²) in [5.74, 6) is -0.446. The number of hydrogen-bond acceptors (Lipinski definition) is 7. The van der Waals surface area contributed by atoms with Crippen molar-refractivity contribution in [1.29, 1.82) is 0 Å². The fraction of sp³-hybridized carbons (Fsp3) is 0.381. The van der Waals surface area contributed by atoms with Crippen LogP contribution in [0.25, 0.3) is 0 Å². The van der Waals surface area contributed by atoms with Crippen LogP contribution in [0.4, 0.5) is 0 Å². The molecule has 0 aliphatic carbocycles. The third kappa shape index (κ3) is 3.55. The first kappa shape index (κ1) is 19.0. The maximum Gasteiger partial charge on any atom is 0.337 e. The van der Waals surface area contributed by atoms with E-state index in [0.29, 0.717) is 11.1 Å². The smallest absolute Gasteiger partial charge is 0.337 e. The molecule has 28 heavy (non-hydrogen) atoms. The van der Waals surface area contributed by atoms with Gasteiger partial charge in [-0.15, -0.1) is 0 Å². The van der Waals surface area contributed by atoms with Crippen LogP contribution in [0.2, 0.25) is 0 Å². The van der Waals surface area contributed by atoms with Crippen LogP contribution in [0.1, 0.15) is 33.9 Å². The average Bonchev–Trinajstić information content (AvgIpc) is 2.76. The van der Waals surface area contributed by atoms with Crippen molar-refractivity contribution in [3.8, 4) is 0 Å². The van der Waals surface area contributed by atoms with Gasteiger partial charge in [0.05, 0.1) is 19.3 Å². The van der Waals surface area contributed by atoms with Crippen LogP contribution in [0, 0.1) is 0 Å². The molecule has 7 nitrogen and oxygen atoms in total. The Kier molecular flexibility index (Phi) is 5.43. The largest absolute Gasteiger partial charge is 0.465 e. The summed E-state index contributed by atoms with van der Waals surface area (Å²) in [6.45, 7) is 0.227. The third-order valence-electron chi connectivity index (χ3n) is 5.11. The highest BCUT2D eigenvalue weighted by molar-refractivity contribution is 5.89. The zero-order valence-electron chi connectivity index (χ0n) is 15.3. The maximum absolute atomic E-state index is 11.6. The molecule has 1 unspecified atom stereocenters. The number of ether oxygens (including phenoxy) is 4. The lowest BCUT2D eigenvalue weighted by atomic mass is 9.90. The number of aliphatic hydroxyl groups excluding tert-OH is 2. The quantitative estimate of drug-likeness (QED) is 0.776. The highest BCUT2D eigenvalue weighted by atomic mass is 16.7. The monoisotopic (exact) mass is 386 g/mol. The Bertz CT molecular complexity index is 805. The van der Waals surface area contributed by atoms with Crippen LogP contribution < -0.4 is 0 Å². The number of carbonyl (C=O) groups is 1. The molecule has 2 aromatic rings. The van der Waals surface area contributed by atoms with Crippen LogP contribution in [-0.4, -0.2) is 54.3 Å². The van der Waals surface area contributed by atoms with E-state index in [2.05, 4.69) is 4.74 Å². The zero-order chi connectivity index (χ0) is 19.7. The van der Waals surface area contributed by atoms with Gasteiger partial charge in [0.15, 0.2) is 6.29 Å². The minimum atomic E-state index is -1.18. The number of fused-ring (bicyclic) bond motifs is 1. The van der Waals surface area contributed by atoms with Gasteiger partial charge in [-0.05, 0) is 17.7 Å². The molecular formula is C21H22O7. The zero-order valence-corrected chi connectivity index (χ0v) is 15.3. The lowest BCUT2D eigenvalue weighted by molar-refractivity contribution is -0.330. The van der Waals surface area contributed by atoms with E-state index in [0.717, 1.165) is 5.56 Å². The molecule has 2 saturated heterocycles. The Morgan fingerprint density at radius 2 is 1.68 bits per heavy atom. The van der Waals surface area contributed by atoms with Crippen LogP contribution >= 0.6 is 0 Å². The molecule has 0 saturated carbocycles. The molecule has 0 aromatic heterocycles. The molecule has 0 bridgehead atoms. The van der Waals surface area contributed by atoms with E-state index in [1.807, 2.05) is 30.3 Å². The number of methoxy groups -OCH3 is 1. The molecule has 2 heterocycles. The van der Waals surface area contributed by atoms with Gasteiger partial charge in [0.2, 0.25) is 0 Å². The second-order valence-electron chi connectivity index (χ2n) is 6.87. The molecule has 2 aliphatic rings. The van der Waals surface area contributed by atoms with E-state index in [-0.39, 0.29) is 6.61 Å². The molecule has 4 rings (SSSR count). The van der Waals surface area contributed by atoms with Gasteiger partial charge >= 0.3 is 5.97 Å². The van der Waals surface area contributed by atoms with Gasteiger partial charge in [0.1, 0.15) is 30.5 Å². The number of carbonyl (C=O) groups excluding carboxylic acids is 1. The number of aliphatic hydroxyl groups is 2. The first-order valence-electron chi connectivity index (χ1n) is 9.10. The molecule has 2 fully saturated rings. The van der Waals surface area contributed by atoms with E-state index in [1.165, 1.54) is 7.11 Å². The van der Waals surface area contributed by atoms with E-state index in [9.17, 15) is 15.0 Å². The van der Waals surface area contributed by atoms with Gasteiger partial charge in [-0.3, -0.25) is 0 Å². The summed E-state index contributed by atoms with van der Waals surface area (Å²) in [6.07, 6.45) is -4.94. The molecule has 0 amide bonds. The number of rotatable bonds is 3. The van der Waals surface area contributed by atoms with E-state index >= 15 is 0 Å². The molecular weight excluding hydrogens is 364 g/mol. The third-order valence-corrected chi connectivity index (χ3v) is 5.11. The van der Waals surface area contributed by atoms with E-state index in [4.69, 9.17) is 14.2 Å². The van der Waals surface area contributed by atoms with E-state index < -0.39 is 42.8 Å². The van der Waals surface area contributed by atoms with Crippen molar-refractivity contribution in [3.63, 3.8) is 0 Å².